The van der Waals surface area contributed by atoms with Crippen molar-refractivity contribution in [2.75, 3.05) is 18.6 Å². The number of nitrogens with zero attached hydrogens (tertiary/aromatic N) is 2. The lowest BCUT2D eigenvalue weighted by atomic mass is 10.1. The largest absolute Gasteiger partial charge is 0.389 e. The first kappa shape index (κ1) is 11.0. The molecule has 0 radical (unpaired) electrons. The summed E-state index contributed by atoms with van der Waals surface area (Å²) in [6.07, 6.45) is 0.112. The van der Waals surface area contributed by atoms with Crippen LogP contribution in [0.3, 0.4) is 0 Å². The number of carbonyl (C=O) groups is 1. The minimum atomic E-state index is -0.452. The van der Waals surface area contributed by atoms with Crippen LogP contribution < -0.4 is 5.01 Å². The van der Waals surface area contributed by atoms with E-state index in [-0.39, 0.29) is 5.91 Å². The highest BCUT2D eigenvalue weighted by Gasteiger charge is 2.25. The maximum atomic E-state index is 11.4. The first-order valence-corrected chi connectivity index (χ1v) is 5.41. The molecule has 1 fully saturated rings. The van der Waals surface area contributed by atoms with Crippen LogP contribution in [0.4, 0.5) is 5.69 Å². The van der Waals surface area contributed by atoms with Crippen molar-refractivity contribution < 1.29 is 9.90 Å². The zero-order valence-corrected chi connectivity index (χ0v) is 9.55. The Labute approximate surface area is 95.1 Å². The van der Waals surface area contributed by atoms with E-state index in [0.717, 1.165) is 17.8 Å². The summed E-state index contributed by atoms with van der Waals surface area (Å²) in [5.74, 6) is 0.139. The maximum Gasteiger partial charge on any atom is 0.242 e. The number of amides is 1. The zero-order valence-electron chi connectivity index (χ0n) is 9.55. The normalized spacial score (nSPS) is 18.1. The molecule has 4 nitrogen and oxygen atoms in total. The van der Waals surface area contributed by atoms with Crippen LogP contribution in [0.15, 0.2) is 24.3 Å². The Morgan fingerprint density at radius 2 is 1.94 bits per heavy atom. The summed E-state index contributed by atoms with van der Waals surface area (Å²) in [5, 5.41) is 13.0. The monoisotopic (exact) mass is 220 g/mol. The quantitative estimate of drug-likeness (QED) is 0.817. The van der Waals surface area contributed by atoms with Crippen molar-refractivity contribution >= 4 is 11.6 Å². The molecule has 16 heavy (non-hydrogen) atoms. The molecular weight excluding hydrogens is 204 g/mol. The van der Waals surface area contributed by atoms with Crippen molar-refractivity contribution in [3.63, 3.8) is 0 Å². The smallest absolute Gasteiger partial charge is 0.242 e. The van der Waals surface area contributed by atoms with Crippen molar-refractivity contribution in [1.29, 1.82) is 0 Å². The first-order valence-electron chi connectivity index (χ1n) is 5.41. The average molecular weight is 220 g/mol. The Kier molecular flexibility index (Phi) is 2.83. The van der Waals surface area contributed by atoms with Crippen LogP contribution in [-0.4, -0.2) is 29.6 Å². The Morgan fingerprint density at radius 3 is 2.38 bits per heavy atom. The number of hydrogen-bond acceptors (Lipinski definition) is 3. The molecule has 1 aliphatic rings. The molecule has 1 aliphatic heterocycles. The summed E-state index contributed by atoms with van der Waals surface area (Å²) in [6, 6.07) is 7.63. The van der Waals surface area contributed by atoms with Crippen LogP contribution in [0.1, 0.15) is 25.0 Å². The van der Waals surface area contributed by atoms with Gasteiger partial charge in [0.2, 0.25) is 5.91 Å². The van der Waals surface area contributed by atoms with Gasteiger partial charge >= 0.3 is 0 Å². The molecule has 1 N–H and O–H groups in total. The van der Waals surface area contributed by atoms with Gasteiger partial charge in [0.05, 0.1) is 11.8 Å². The molecule has 1 saturated heterocycles. The lowest BCUT2D eigenvalue weighted by Gasteiger charge is -2.26. The third-order valence-corrected chi connectivity index (χ3v) is 2.93. The van der Waals surface area contributed by atoms with Crippen molar-refractivity contribution in [1.82, 2.24) is 5.01 Å². The molecule has 0 aromatic heterocycles. The topological polar surface area (TPSA) is 43.8 Å². The summed E-state index contributed by atoms with van der Waals surface area (Å²) >= 11 is 0. The van der Waals surface area contributed by atoms with E-state index in [0.29, 0.717) is 6.42 Å². The van der Waals surface area contributed by atoms with Gasteiger partial charge in [-0.05, 0) is 24.6 Å². The van der Waals surface area contributed by atoms with E-state index in [2.05, 4.69) is 0 Å². The van der Waals surface area contributed by atoms with E-state index < -0.39 is 6.10 Å². The second-order valence-electron chi connectivity index (χ2n) is 4.06. The number of carbonyl (C=O) groups excluding carboxylic acids is 1. The fourth-order valence-electron chi connectivity index (χ4n) is 1.88. The van der Waals surface area contributed by atoms with Crippen LogP contribution in [-0.2, 0) is 4.79 Å². The van der Waals surface area contributed by atoms with Crippen LogP contribution in [0.25, 0.3) is 0 Å². The fraction of sp³-hybridized carbons (Fsp3) is 0.417. The van der Waals surface area contributed by atoms with E-state index >= 15 is 0 Å². The number of benzene rings is 1. The molecule has 0 aliphatic carbocycles. The average Bonchev–Trinajstić information content (AvgIpc) is 2.60. The third-order valence-electron chi connectivity index (χ3n) is 2.93. The van der Waals surface area contributed by atoms with Crippen molar-refractivity contribution in [2.24, 2.45) is 0 Å². The molecule has 1 heterocycles. The first-order chi connectivity index (χ1) is 7.59. The summed E-state index contributed by atoms with van der Waals surface area (Å²) in [6.45, 7) is 2.46. The standard InChI is InChI=1S/C12H16N2O2/c1-9(15)10-3-5-11(6-4-10)14-8-7-12(16)13(14)2/h3-6,9,15H,7-8H2,1-2H3. The molecule has 0 spiro atoms. The number of hydrogen-bond donors (Lipinski definition) is 1. The Hall–Kier alpha value is -1.55. The van der Waals surface area contributed by atoms with Crippen LogP contribution >= 0.6 is 0 Å². The maximum absolute atomic E-state index is 11.4. The van der Waals surface area contributed by atoms with Gasteiger partial charge in [0.1, 0.15) is 0 Å². The molecule has 4 heteroatoms. The third kappa shape index (κ3) is 1.88. The minimum absolute atomic E-state index is 0.139. The Morgan fingerprint density at radius 1 is 1.31 bits per heavy atom. The molecule has 2 rings (SSSR count). The van der Waals surface area contributed by atoms with Crippen molar-refractivity contribution in [2.45, 2.75) is 19.4 Å². The summed E-state index contributed by atoms with van der Waals surface area (Å²) < 4.78 is 0. The molecule has 86 valence electrons. The Balaban J connectivity index is 2.19. The zero-order chi connectivity index (χ0) is 11.7. The molecule has 1 atom stereocenters. The van der Waals surface area contributed by atoms with Crippen molar-refractivity contribution in [3.05, 3.63) is 29.8 Å². The van der Waals surface area contributed by atoms with Gasteiger partial charge in [0, 0.05) is 20.0 Å². The van der Waals surface area contributed by atoms with Crippen LogP contribution in [0.2, 0.25) is 0 Å². The van der Waals surface area contributed by atoms with E-state index in [1.807, 2.05) is 29.3 Å². The SMILES string of the molecule is CC(O)c1ccc(N2CCC(=O)N2C)cc1. The highest BCUT2D eigenvalue weighted by molar-refractivity contribution is 5.81. The van der Waals surface area contributed by atoms with Gasteiger partial charge in [-0.25, -0.2) is 0 Å². The molecule has 0 bridgehead atoms. The second kappa shape index (κ2) is 4.14. The van der Waals surface area contributed by atoms with Crippen molar-refractivity contribution in [3.8, 4) is 0 Å². The van der Waals surface area contributed by atoms with Gasteiger partial charge in [-0.2, -0.15) is 0 Å². The molecule has 0 saturated carbocycles. The lowest BCUT2D eigenvalue weighted by Crippen LogP contribution is -2.35. The summed E-state index contributed by atoms with van der Waals surface area (Å²) in [7, 11) is 1.78. The lowest BCUT2D eigenvalue weighted by molar-refractivity contribution is -0.126. The van der Waals surface area contributed by atoms with Crippen LogP contribution in [0.5, 0.6) is 0 Å². The van der Waals surface area contributed by atoms with Crippen LogP contribution in [0, 0.1) is 0 Å². The summed E-state index contributed by atoms with van der Waals surface area (Å²) in [4.78, 5) is 11.4. The van der Waals surface area contributed by atoms with E-state index in [9.17, 15) is 9.90 Å². The van der Waals surface area contributed by atoms with Gasteiger partial charge in [0.15, 0.2) is 0 Å². The van der Waals surface area contributed by atoms with Gasteiger partial charge in [-0.1, -0.05) is 12.1 Å². The van der Waals surface area contributed by atoms with E-state index in [4.69, 9.17) is 0 Å². The predicted molar refractivity (Wildman–Crippen MR) is 61.8 cm³/mol. The predicted octanol–water partition coefficient (Wildman–Crippen LogP) is 1.32. The van der Waals surface area contributed by atoms with Gasteiger partial charge in [0.25, 0.3) is 0 Å². The molecule has 1 aromatic rings. The minimum Gasteiger partial charge on any atom is -0.389 e. The molecule has 1 unspecified atom stereocenters. The number of anilines is 1. The van der Waals surface area contributed by atoms with Gasteiger partial charge in [-0.3, -0.25) is 14.8 Å². The number of aliphatic hydroxyl groups excluding tert-OH is 1. The highest BCUT2D eigenvalue weighted by atomic mass is 16.3. The molecule has 1 aromatic carbocycles. The van der Waals surface area contributed by atoms with E-state index in [1.165, 1.54) is 0 Å². The number of rotatable bonds is 2. The number of hydrazine groups is 1. The fourth-order valence-corrected chi connectivity index (χ4v) is 1.88. The Bertz CT molecular complexity index is 387. The van der Waals surface area contributed by atoms with Gasteiger partial charge in [-0.15, -0.1) is 0 Å². The molecular formula is C12H16N2O2. The summed E-state index contributed by atoms with van der Waals surface area (Å²) in [5.41, 5.74) is 1.87. The number of aliphatic hydroxyl groups is 1. The molecule has 1 amide bonds. The van der Waals surface area contributed by atoms with E-state index in [1.54, 1.807) is 19.0 Å². The highest BCUT2D eigenvalue weighted by Crippen LogP contribution is 2.23. The second-order valence-corrected chi connectivity index (χ2v) is 4.06. The van der Waals surface area contributed by atoms with Gasteiger partial charge < -0.3 is 5.11 Å².